The quantitative estimate of drug-likeness (QED) is 0.0260. The molecule has 0 aromatic heterocycles. The van der Waals surface area contributed by atoms with Crippen molar-refractivity contribution in [2.75, 3.05) is 182 Å². The average Bonchev–Trinajstić information content (AvgIpc) is 3.97. The molecule has 3 atom stereocenters. The van der Waals surface area contributed by atoms with E-state index in [2.05, 4.69) is 47.6 Å². The van der Waals surface area contributed by atoms with E-state index in [1.54, 1.807) is 17.0 Å². The van der Waals surface area contributed by atoms with Crippen LogP contribution in [0, 0.1) is 44.8 Å². The zero-order valence-electron chi connectivity index (χ0n) is 45.8. The summed E-state index contributed by atoms with van der Waals surface area (Å²) in [5.41, 5.74) is 4.08. The average molecular weight is 1110 g/mol. The van der Waals surface area contributed by atoms with E-state index in [4.69, 9.17) is 47.4 Å². The number of nitro benzene ring substituents is 2. The number of anilines is 2. The van der Waals surface area contributed by atoms with E-state index in [0.717, 1.165) is 45.0 Å². The van der Waals surface area contributed by atoms with Gasteiger partial charge in [0.2, 0.25) is 5.91 Å². The van der Waals surface area contributed by atoms with E-state index in [1.165, 1.54) is 47.2 Å². The summed E-state index contributed by atoms with van der Waals surface area (Å²) in [6.07, 6.45) is 5.19. The van der Waals surface area contributed by atoms with Crippen molar-refractivity contribution in [2.45, 2.75) is 44.6 Å². The molecule has 79 heavy (non-hydrogen) atoms. The number of aryl methyl sites for hydroxylation is 1. The summed E-state index contributed by atoms with van der Waals surface area (Å²) < 4.78 is 69.8. The number of piperidine rings is 2. The number of hydrogen-bond acceptors (Lipinski definition) is 19. The molecule has 0 radical (unpaired) electrons. The third kappa shape index (κ3) is 21.5. The van der Waals surface area contributed by atoms with Crippen LogP contribution in [-0.4, -0.2) is 208 Å². The van der Waals surface area contributed by atoms with E-state index in [9.17, 15) is 34.5 Å². The largest absolute Gasteiger partial charge is 0.491 e. The van der Waals surface area contributed by atoms with E-state index in [1.807, 2.05) is 0 Å². The van der Waals surface area contributed by atoms with Crippen molar-refractivity contribution in [2.24, 2.45) is 11.8 Å². The van der Waals surface area contributed by atoms with Gasteiger partial charge in [0.1, 0.15) is 23.9 Å². The molecular weight excluding hydrogens is 1030 g/mol. The van der Waals surface area contributed by atoms with E-state index < -0.39 is 21.8 Å². The van der Waals surface area contributed by atoms with Gasteiger partial charge in [-0.1, -0.05) is 19.1 Å². The van der Waals surface area contributed by atoms with Gasteiger partial charge in [0.25, 0.3) is 11.4 Å². The summed E-state index contributed by atoms with van der Waals surface area (Å²) in [6, 6.07) is 14.5. The first-order chi connectivity index (χ1) is 38.4. The molecule has 23 heteroatoms. The lowest BCUT2D eigenvalue weighted by Crippen LogP contribution is -2.52. The number of β-amino-alcohol motifs (C(OH)–C–C–N with tert-alkyl or cyclic N) is 1. The van der Waals surface area contributed by atoms with Gasteiger partial charge in [-0.05, 0) is 91.6 Å². The molecule has 3 N–H and O–H groups in total. The van der Waals surface area contributed by atoms with Gasteiger partial charge in [0, 0.05) is 68.6 Å². The Balaban J connectivity index is 0.662. The standard InChI is InChI=1S/C56H81FN6O16/c1-43-3-6-50-52(35-43)59-42-56(50)11-15-60(40-44(56)2)41-54(64)46-9-13-61(14-10-46)55(65)8-4-45-36-47(57)38-49(37-45)79-34-33-78-32-31-77-30-29-76-28-27-75-26-25-74-24-23-73-22-21-72-20-19-71-18-17-70-16-12-58-51-7-5-48(62(66)67)39-53(51)63(68)69/h3-8,35-39,44,46,54,58-59,64H,9-34,40-42H2,1-2H3/b8-4+/t44-,54?,56+/m1/s1. The fraction of sp³-hybridized carbons (Fsp3) is 0.625. The Kier molecular flexibility index (Phi) is 27.5. The van der Waals surface area contributed by atoms with Crippen molar-refractivity contribution in [3.8, 4) is 5.75 Å². The molecule has 0 bridgehead atoms. The lowest BCUT2D eigenvalue weighted by atomic mass is 9.67. The van der Waals surface area contributed by atoms with Crippen LogP contribution in [0.2, 0.25) is 0 Å². The Hall–Kier alpha value is -5.44. The van der Waals surface area contributed by atoms with E-state index in [-0.39, 0.29) is 60.7 Å². The molecule has 3 aromatic rings. The number of nitrogens with one attached hydrogen (secondary N) is 2. The van der Waals surface area contributed by atoms with Crippen LogP contribution in [0.5, 0.6) is 5.75 Å². The molecule has 22 nitrogen and oxygen atoms in total. The van der Waals surface area contributed by atoms with Crippen LogP contribution in [-0.2, 0) is 52.8 Å². The third-order valence-corrected chi connectivity index (χ3v) is 14.2. The number of aliphatic hydroxyl groups is 1. The molecule has 3 aromatic carbocycles. The van der Waals surface area contributed by atoms with Crippen LogP contribution in [0.4, 0.5) is 27.1 Å². The first-order valence-corrected chi connectivity index (χ1v) is 27.4. The highest BCUT2D eigenvalue weighted by atomic mass is 19.1. The monoisotopic (exact) mass is 1110 g/mol. The summed E-state index contributed by atoms with van der Waals surface area (Å²) in [5.74, 6) is 0.342. The molecule has 3 aliphatic rings. The second-order valence-corrected chi connectivity index (χ2v) is 19.8. The molecule has 0 aliphatic carbocycles. The number of fused-ring (bicyclic) bond motifs is 2. The molecule has 3 aliphatic heterocycles. The van der Waals surface area contributed by atoms with Crippen LogP contribution in [0.25, 0.3) is 6.08 Å². The zero-order chi connectivity index (χ0) is 56.1. The maximum atomic E-state index is 14.5. The maximum absolute atomic E-state index is 14.5. The minimum absolute atomic E-state index is 0.136. The van der Waals surface area contributed by atoms with Crippen LogP contribution < -0.4 is 15.4 Å². The lowest BCUT2D eigenvalue weighted by Gasteiger charge is -2.46. The molecule has 1 amide bonds. The summed E-state index contributed by atoms with van der Waals surface area (Å²) >= 11 is 0. The number of carbonyl (C=O) groups is 1. The number of nitro groups is 2. The van der Waals surface area contributed by atoms with Crippen molar-refractivity contribution in [1.82, 2.24) is 9.80 Å². The number of amides is 1. The zero-order valence-corrected chi connectivity index (χ0v) is 45.8. The van der Waals surface area contributed by atoms with E-state index >= 15 is 0 Å². The number of non-ortho nitro benzene ring substituents is 1. The number of aliphatic hydroxyl groups excluding tert-OH is 1. The second kappa shape index (κ2) is 34.6. The number of carbonyl (C=O) groups excluding carboxylic acids is 1. The molecule has 1 spiro atoms. The predicted molar refractivity (Wildman–Crippen MR) is 293 cm³/mol. The van der Waals surface area contributed by atoms with Gasteiger partial charge in [-0.3, -0.25) is 25.0 Å². The van der Waals surface area contributed by atoms with E-state index in [0.29, 0.717) is 143 Å². The summed E-state index contributed by atoms with van der Waals surface area (Å²) in [6.45, 7) is 16.6. The molecule has 1 unspecified atom stereocenters. The Morgan fingerprint density at radius 3 is 1.85 bits per heavy atom. The van der Waals surface area contributed by atoms with Gasteiger partial charge in [-0.25, -0.2) is 4.39 Å². The van der Waals surface area contributed by atoms with Crippen LogP contribution in [0.15, 0.2) is 60.7 Å². The molecule has 3 heterocycles. The first-order valence-electron chi connectivity index (χ1n) is 27.4. The van der Waals surface area contributed by atoms with Gasteiger partial charge >= 0.3 is 0 Å². The van der Waals surface area contributed by atoms with Gasteiger partial charge in [0.15, 0.2) is 0 Å². The van der Waals surface area contributed by atoms with Crippen LogP contribution >= 0.6 is 0 Å². The number of benzene rings is 3. The molecule has 6 rings (SSSR count). The van der Waals surface area contributed by atoms with Gasteiger partial charge in [0.05, 0.1) is 141 Å². The number of rotatable bonds is 39. The highest BCUT2D eigenvalue weighted by Gasteiger charge is 2.46. The van der Waals surface area contributed by atoms with Crippen LogP contribution in [0.3, 0.4) is 0 Å². The molecular formula is C56H81FN6O16. The number of nitrogens with zero attached hydrogens (tertiary/aromatic N) is 4. The Morgan fingerprint density at radius 2 is 1.30 bits per heavy atom. The highest BCUT2D eigenvalue weighted by molar-refractivity contribution is 5.91. The third-order valence-electron chi connectivity index (χ3n) is 14.2. The smallest absolute Gasteiger partial charge is 0.299 e. The van der Waals surface area contributed by atoms with Gasteiger partial charge < -0.3 is 72.9 Å². The predicted octanol–water partition coefficient (Wildman–Crippen LogP) is 5.91. The molecule has 438 valence electrons. The Bertz CT molecular complexity index is 2350. The normalized spacial score (nSPS) is 18.0. The van der Waals surface area contributed by atoms with Gasteiger partial charge in [-0.2, -0.15) is 0 Å². The second-order valence-electron chi connectivity index (χ2n) is 19.8. The highest BCUT2D eigenvalue weighted by Crippen LogP contribution is 2.47. The van der Waals surface area contributed by atoms with Crippen molar-refractivity contribution in [3.63, 3.8) is 0 Å². The fourth-order valence-corrected chi connectivity index (χ4v) is 9.90. The Labute approximate surface area is 462 Å². The molecule has 2 fully saturated rings. The number of hydrogen-bond donors (Lipinski definition) is 3. The lowest BCUT2D eigenvalue weighted by molar-refractivity contribution is -0.393. The number of ether oxygens (including phenoxy) is 10. The summed E-state index contributed by atoms with van der Waals surface area (Å²) in [5, 5.41) is 39.9. The minimum atomic E-state index is -0.685. The summed E-state index contributed by atoms with van der Waals surface area (Å²) in [7, 11) is 0. The van der Waals surface area contributed by atoms with Crippen molar-refractivity contribution >= 4 is 34.7 Å². The Morgan fingerprint density at radius 1 is 0.747 bits per heavy atom. The summed E-state index contributed by atoms with van der Waals surface area (Å²) in [4.78, 5) is 38.0. The minimum Gasteiger partial charge on any atom is -0.491 e. The SMILES string of the molecule is Cc1ccc2c(c1)NC[C@]21CCN(CC(O)C2CCN(C(=O)/C=C/c3cc(F)cc(OCCOCCOCCOCCOCCOCCOCCOCCOCCOCCNc4ccc([N+](=O)[O-])cc4[N+](=O)[O-])c3)CC2)C[C@H]1C. The first kappa shape index (κ1) is 62.8. The van der Waals surface area contributed by atoms with Gasteiger partial charge in [-0.15, -0.1) is 0 Å². The van der Waals surface area contributed by atoms with Crippen molar-refractivity contribution < 1.29 is 71.5 Å². The fourth-order valence-electron chi connectivity index (χ4n) is 9.90. The molecule has 0 saturated carbocycles. The van der Waals surface area contributed by atoms with Crippen molar-refractivity contribution in [1.29, 1.82) is 0 Å². The van der Waals surface area contributed by atoms with Crippen LogP contribution in [0.1, 0.15) is 42.9 Å². The number of halogens is 1. The van der Waals surface area contributed by atoms with Crippen molar-refractivity contribution in [3.05, 3.63) is 103 Å². The number of likely N-dealkylation sites (tertiary alicyclic amines) is 2. The topological polar surface area (TPSA) is 246 Å². The molecule has 2 saturated heterocycles. The maximum Gasteiger partial charge on any atom is 0.299 e.